The predicted molar refractivity (Wildman–Crippen MR) is 113 cm³/mol. The fourth-order valence-electron chi connectivity index (χ4n) is 2.91. The molecule has 1 N–H and O–H groups in total. The molecule has 162 valence electrons. The topological polar surface area (TPSA) is 86.3 Å². The van der Waals surface area contributed by atoms with E-state index in [-0.39, 0.29) is 12.5 Å². The Morgan fingerprint density at radius 3 is 1.97 bits per heavy atom. The maximum atomic E-state index is 12.6. The monoisotopic (exact) mass is 416 g/mol. The van der Waals surface area contributed by atoms with Crippen molar-refractivity contribution in [1.82, 2.24) is 10.2 Å². The van der Waals surface area contributed by atoms with E-state index in [4.69, 9.17) is 18.9 Å². The second kappa shape index (κ2) is 10.9. The van der Waals surface area contributed by atoms with Crippen molar-refractivity contribution in [2.75, 3.05) is 41.5 Å². The molecule has 8 heteroatoms. The van der Waals surface area contributed by atoms with Crippen molar-refractivity contribution < 1.29 is 28.5 Å². The number of ether oxygens (including phenoxy) is 4. The zero-order chi connectivity index (χ0) is 22.1. The van der Waals surface area contributed by atoms with Crippen LogP contribution in [0.4, 0.5) is 0 Å². The highest BCUT2D eigenvalue weighted by molar-refractivity contribution is 5.97. The van der Waals surface area contributed by atoms with Crippen molar-refractivity contribution in [3.63, 3.8) is 0 Å². The summed E-state index contributed by atoms with van der Waals surface area (Å²) in [5, 5.41) is 2.66. The molecule has 0 heterocycles. The number of rotatable bonds is 10. The van der Waals surface area contributed by atoms with E-state index in [1.807, 2.05) is 31.2 Å². The SMILES string of the molecule is CCN(Cc1ccc(OC)cc1)C(=O)CNC(=O)c1cc(OC)c(OC)c(OC)c1. The Balaban J connectivity index is 2.03. The fourth-order valence-corrected chi connectivity index (χ4v) is 2.91. The van der Waals surface area contributed by atoms with Gasteiger partial charge in [0.25, 0.3) is 5.91 Å². The van der Waals surface area contributed by atoms with Crippen LogP contribution in [0.25, 0.3) is 0 Å². The Morgan fingerprint density at radius 2 is 1.50 bits per heavy atom. The molecule has 0 fully saturated rings. The maximum absolute atomic E-state index is 12.6. The zero-order valence-corrected chi connectivity index (χ0v) is 18.0. The highest BCUT2D eigenvalue weighted by Gasteiger charge is 2.19. The van der Waals surface area contributed by atoms with Crippen molar-refractivity contribution in [1.29, 1.82) is 0 Å². The Morgan fingerprint density at radius 1 is 0.900 bits per heavy atom. The van der Waals surface area contributed by atoms with Crippen LogP contribution in [0.15, 0.2) is 36.4 Å². The number of carbonyl (C=O) groups is 2. The molecule has 0 bridgehead atoms. The van der Waals surface area contributed by atoms with Crippen LogP contribution in [0.1, 0.15) is 22.8 Å². The number of benzene rings is 2. The molecule has 0 aromatic heterocycles. The third kappa shape index (κ3) is 5.56. The first-order chi connectivity index (χ1) is 14.5. The number of nitrogens with one attached hydrogen (secondary N) is 1. The van der Waals surface area contributed by atoms with Gasteiger partial charge >= 0.3 is 0 Å². The average Bonchev–Trinajstić information content (AvgIpc) is 2.79. The van der Waals surface area contributed by atoms with E-state index < -0.39 is 5.91 Å². The lowest BCUT2D eigenvalue weighted by molar-refractivity contribution is -0.130. The van der Waals surface area contributed by atoms with E-state index >= 15 is 0 Å². The molecule has 0 unspecified atom stereocenters. The van der Waals surface area contributed by atoms with Gasteiger partial charge in [0.1, 0.15) is 5.75 Å². The van der Waals surface area contributed by atoms with Crippen LogP contribution >= 0.6 is 0 Å². The number of methoxy groups -OCH3 is 4. The third-order valence-corrected chi connectivity index (χ3v) is 4.59. The van der Waals surface area contributed by atoms with Crippen molar-refractivity contribution in [2.45, 2.75) is 13.5 Å². The van der Waals surface area contributed by atoms with Gasteiger partial charge in [0.2, 0.25) is 11.7 Å². The van der Waals surface area contributed by atoms with Crippen LogP contribution in [0.5, 0.6) is 23.0 Å². The second-order valence-electron chi connectivity index (χ2n) is 6.35. The first-order valence-corrected chi connectivity index (χ1v) is 9.46. The van der Waals surface area contributed by atoms with Crippen LogP contribution in [0.2, 0.25) is 0 Å². The maximum Gasteiger partial charge on any atom is 0.251 e. The summed E-state index contributed by atoms with van der Waals surface area (Å²) in [6, 6.07) is 10.6. The van der Waals surface area contributed by atoms with Gasteiger partial charge in [-0.25, -0.2) is 0 Å². The number of carbonyl (C=O) groups excluding carboxylic acids is 2. The highest BCUT2D eigenvalue weighted by atomic mass is 16.5. The number of hydrogen-bond donors (Lipinski definition) is 1. The minimum Gasteiger partial charge on any atom is -0.497 e. The van der Waals surface area contributed by atoms with E-state index in [2.05, 4.69) is 5.32 Å². The van der Waals surface area contributed by atoms with E-state index in [1.165, 1.54) is 33.5 Å². The number of hydrogen-bond acceptors (Lipinski definition) is 6. The summed E-state index contributed by atoms with van der Waals surface area (Å²) < 4.78 is 20.9. The van der Waals surface area contributed by atoms with E-state index in [1.54, 1.807) is 12.0 Å². The number of amides is 2. The van der Waals surface area contributed by atoms with Crippen molar-refractivity contribution >= 4 is 11.8 Å². The molecule has 2 amide bonds. The van der Waals surface area contributed by atoms with Gasteiger partial charge in [0, 0.05) is 18.7 Å². The fraction of sp³-hybridized carbons (Fsp3) is 0.364. The standard InChI is InChI=1S/C22H28N2O6/c1-6-24(14-15-7-9-17(27-2)10-8-15)20(25)13-23-22(26)16-11-18(28-3)21(30-5)19(12-16)29-4/h7-12H,6,13-14H2,1-5H3,(H,23,26). The van der Waals surface area contributed by atoms with E-state index in [0.29, 0.717) is 35.9 Å². The smallest absolute Gasteiger partial charge is 0.251 e. The summed E-state index contributed by atoms with van der Waals surface area (Å²) >= 11 is 0. The minimum atomic E-state index is -0.414. The van der Waals surface area contributed by atoms with E-state index in [9.17, 15) is 9.59 Å². The molecule has 0 atom stereocenters. The van der Waals surface area contributed by atoms with Gasteiger partial charge in [-0.15, -0.1) is 0 Å². The average molecular weight is 416 g/mol. The largest absolute Gasteiger partial charge is 0.497 e. The number of likely N-dealkylation sites (N-methyl/N-ethyl adjacent to an activating group) is 1. The second-order valence-corrected chi connectivity index (χ2v) is 6.35. The third-order valence-electron chi connectivity index (χ3n) is 4.59. The summed E-state index contributed by atoms with van der Waals surface area (Å²) in [6.07, 6.45) is 0. The molecule has 0 aliphatic carbocycles. The molecule has 0 aliphatic heterocycles. The Labute approximate surface area is 176 Å². The minimum absolute atomic E-state index is 0.126. The van der Waals surface area contributed by atoms with Crippen LogP contribution in [0.3, 0.4) is 0 Å². The van der Waals surface area contributed by atoms with Crippen LogP contribution in [-0.4, -0.2) is 58.2 Å². The van der Waals surface area contributed by atoms with Gasteiger partial charge in [0.05, 0.1) is 35.0 Å². The lowest BCUT2D eigenvalue weighted by Gasteiger charge is -2.21. The molecular weight excluding hydrogens is 388 g/mol. The molecule has 0 spiro atoms. The summed E-state index contributed by atoms with van der Waals surface area (Å²) in [5.74, 6) is 1.28. The summed E-state index contributed by atoms with van der Waals surface area (Å²) in [7, 11) is 6.04. The van der Waals surface area contributed by atoms with Gasteiger partial charge in [-0.1, -0.05) is 12.1 Å². The van der Waals surface area contributed by atoms with Gasteiger partial charge in [-0.05, 0) is 36.8 Å². The quantitative estimate of drug-likeness (QED) is 0.641. The van der Waals surface area contributed by atoms with Crippen LogP contribution in [-0.2, 0) is 11.3 Å². The molecule has 2 rings (SSSR count). The lowest BCUT2D eigenvalue weighted by Crippen LogP contribution is -2.39. The van der Waals surface area contributed by atoms with Crippen LogP contribution in [0, 0.1) is 0 Å². The summed E-state index contributed by atoms with van der Waals surface area (Å²) in [6.45, 7) is 2.73. The Hall–Kier alpha value is -3.42. The molecule has 30 heavy (non-hydrogen) atoms. The highest BCUT2D eigenvalue weighted by Crippen LogP contribution is 2.38. The predicted octanol–water partition coefficient (Wildman–Crippen LogP) is 2.50. The first kappa shape index (κ1) is 22.9. The molecule has 0 saturated carbocycles. The first-order valence-electron chi connectivity index (χ1n) is 9.46. The molecular formula is C22H28N2O6. The van der Waals surface area contributed by atoms with Gasteiger partial charge in [0.15, 0.2) is 11.5 Å². The molecule has 8 nitrogen and oxygen atoms in total. The lowest BCUT2D eigenvalue weighted by atomic mass is 10.1. The zero-order valence-electron chi connectivity index (χ0n) is 18.0. The number of nitrogens with zero attached hydrogens (tertiary/aromatic N) is 1. The van der Waals surface area contributed by atoms with Gasteiger partial charge in [-0.3, -0.25) is 9.59 Å². The van der Waals surface area contributed by atoms with Crippen molar-refractivity contribution in [2.24, 2.45) is 0 Å². The van der Waals surface area contributed by atoms with Gasteiger partial charge < -0.3 is 29.2 Å². The van der Waals surface area contributed by atoms with Crippen LogP contribution < -0.4 is 24.3 Å². The Kier molecular flexibility index (Phi) is 8.34. The summed E-state index contributed by atoms with van der Waals surface area (Å²) in [4.78, 5) is 26.8. The Bertz CT molecular complexity index is 841. The molecule has 2 aromatic rings. The molecule has 2 aromatic carbocycles. The summed E-state index contributed by atoms with van der Waals surface area (Å²) in [5.41, 5.74) is 1.28. The normalized spacial score (nSPS) is 10.2. The molecule has 0 saturated heterocycles. The van der Waals surface area contributed by atoms with Crippen molar-refractivity contribution in [3.8, 4) is 23.0 Å². The van der Waals surface area contributed by atoms with Gasteiger partial charge in [-0.2, -0.15) is 0 Å². The molecule has 0 radical (unpaired) electrons. The van der Waals surface area contributed by atoms with Crippen molar-refractivity contribution in [3.05, 3.63) is 47.5 Å². The molecule has 0 aliphatic rings. The van der Waals surface area contributed by atoms with E-state index in [0.717, 1.165) is 11.3 Å².